The molecule has 24 heavy (non-hydrogen) atoms. The van der Waals surface area contributed by atoms with E-state index in [0.29, 0.717) is 11.4 Å². The van der Waals surface area contributed by atoms with E-state index >= 15 is 0 Å². The summed E-state index contributed by atoms with van der Waals surface area (Å²) in [5.74, 6) is -5.00. The second kappa shape index (κ2) is 5.88. The number of anilines is 2. The third kappa shape index (κ3) is 2.56. The molecule has 6 N–H and O–H groups in total. The van der Waals surface area contributed by atoms with Crippen molar-refractivity contribution < 1.29 is 19.8 Å². The van der Waals surface area contributed by atoms with E-state index in [-0.39, 0.29) is 0 Å². The molecule has 1 fully saturated rings. The Labute approximate surface area is 138 Å². The zero-order valence-corrected chi connectivity index (χ0v) is 12.8. The molecular formula is C18H18N2O4. The number of nitrogens with two attached hydrogens (primary N) is 2. The smallest absolute Gasteiger partial charge is 0.308 e. The lowest BCUT2D eigenvalue weighted by Crippen LogP contribution is -2.51. The summed E-state index contributed by atoms with van der Waals surface area (Å²) >= 11 is 0. The summed E-state index contributed by atoms with van der Waals surface area (Å²) in [4.78, 5) is 23.3. The average molecular weight is 326 g/mol. The average Bonchev–Trinajstić information content (AvgIpc) is 2.49. The van der Waals surface area contributed by atoms with Crippen molar-refractivity contribution in [1.82, 2.24) is 0 Å². The molecule has 6 nitrogen and oxygen atoms in total. The van der Waals surface area contributed by atoms with Crippen LogP contribution in [0, 0.1) is 11.8 Å². The maximum Gasteiger partial charge on any atom is 0.308 e. The molecule has 1 aliphatic rings. The molecule has 0 saturated heterocycles. The van der Waals surface area contributed by atoms with Crippen LogP contribution in [0.4, 0.5) is 11.4 Å². The number of benzene rings is 2. The van der Waals surface area contributed by atoms with Crippen molar-refractivity contribution in [1.29, 1.82) is 0 Å². The molecule has 0 radical (unpaired) electrons. The highest BCUT2D eigenvalue weighted by atomic mass is 16.4. The van der Waals surface area contributed by atoms with E-state index < -0.39 is 35.6 Å². The maximum atomic E-state index is 11.7. The van der Waals surface area contributed by atoms with Gasteiger partial charge in [0.2, 0.25) is 0 Å². The van der Waals surface area contributed by atoms with E-state index in [0.717, 1.165) is 11.1 Å². The Bertz CT molecular complexity index is 703. The second-order valence-corrected chi connectivity index (χ2v) is 6.11. The number of hydrogen-bond acceptors (Lipinski definition) is 4. The molecule has 124 valence electrons. The largest absolute Gasteiger partial charge is 0.481 e. The van der Waals surface area contributed by atoms with Crippen LogP contribution in [-0.2, 0) is 9.59 Å². The summed E-state index contributed by atoms with van der Waals surface area (Å²) in [6.07, 6.45) is 0. The first-order valence-electron chi connectivity index (χ1n) is 7.56. The molecular weight excluding hydrogens is 308 g/mol. The summed E-state index contributed by atoms with van der Waals surface area (Å²) < 4.78 is 0. The molecule has 1 saturated carbocycles. The van der Waals surface area contributed by atoms with E-state index in [2.05, 4.69) is 0 Å². The van der Waals surface area contributed by atoms with Crippen molar-refractivity contribution in [2.75, 3.05) is 11.5 Å². The number of rotatable bonds is 4. The van der Waals surface area contributed by atoms with Crippen molar-refractivity contribution >= 4 is 23.3 Å². The quantitative estimate of drug-likeness (QED) is 0.638. The minimum Gasteiger partial charge on any atom is -0.481 e. The molecule has 6 heteroatoms. The summed E-state index contributed by atoms with van der Waals surface area (Å²) in [5.41, 5.74) is 14.1. The standard InChI is InChI=1S/C18H18N2O4/c19-11-5-1-9(2-6-11)13-14(10-3-7-12(20)8-4-10)16(18(23)24)15(13)17(21)22/h1-8,13-16H,19-20H2,(H,21,22)(H,23,24)/t13-,14+,15+,16-. The third-order valence-corrected chi connectivity index (χ3v) is 4.76. The molecule has 0 heterocycles. The summed E-state index contributed by atoms with van der Waals surface area (Å²) in [6.45, 7) is 0. The maximum absolute atomic E-state index is 11.7. The van der Waals surface area contributed by atoms with Crippen LogP contribution >= 0.6 is 0 Å². The van der Waals surface area contributed by atoms with Gasteiger partial charge in [0.05, 0.1) is 11.8 Å². The Morgan fingerprint density at radius 1 is 0.667 bits per heavy atom. The van der Waals surface area contributed by atoms with E-state index in [1.54, 1.807) is 48.5 Å². The van der Waals surface area contributed by atoms with E-state index in [4.69, 9.17) is 11.5 Å². The van der Waals surface area contributed by atoms with Gasteiger partial charge in [0.1, 0.15) is 0 Å². The molecule has 0 aromatic heterocycles. The molecule has 4 atom stereocenters. The molecule has 2 aromatic carbocycles. The Kier molecular flexibility index (Phi) is 3.89. The van der Waals surface area contributed by atoms with Crippen molar-refractivity contribution in [2.24, 2.45) is 11.8 Å². The highest BCUT2D eigenvalue weighted by Crippen LogP contribution is 2.58. The Morgan fingerprint density at radius 2 is 0.958 bits per heavy atom. The van der Waals surface area contributed by atoms with Crippen LogP contribution in [0.2, 0.25) is 0 Å². The van der Waals surface area contributed by atoms with E-state index in [1.165, 1.54) is 0 Å². The van der Waals surface area contributed by atoms with Crippen LogP contribution in [0.3, 0.4) is 0 Å². The SMILES string of the molecule is Nc1ccc([C@@H]2[C@@H](C(=O)O)[C@@H](C(=O)O)[C@@H]2c2ccc(N)cc2)cc1. The molecule has 0 amide bonds. The third-order valence-electron chi connectivity index (χ3n) is 4.76. The molecule has 0 bridgehead atoms. The van der Waals surface area contributed by atoms with Gasteiger partial charge in [0, 0.05) is 23.2 Å². The first kappa shape index (κ1) is 15.9. The molecule has 0 spiro atoms. The molecule has 0 aliphatic heterocycles. The van der Waals surface area contributed by atoms with Gasteiger partial charge in [0.25, 0.3) is 0 Å². The zero-order chi connectivity index (χ0) is 17.4. The fraction of sp³-hybridized carbons (Fsp3) is 0.222. The molecule has 2 aromatic rings. The number of carboxylic acids is 2. The summed E-state index contributed by atoms with van der Waals surface area (Å²) in [7, 11) is 0. The summed E-state index contributed by atoms with van der Waals surface area (Å²) in [6, 6.07) is 13.8. The van der Waals surface area contributed by atoms with Crippen LogP contribution in [-0.4, -0.2) is 22.2 Å². The van der Waals surface area contributed by atoms with Gasteiger partial charge in [-0.15, -0.1) is 0 Å². The fourth-order valence-corrected chi connectivity index (χ4v) is 3.63. The van der Waals surface area contributed by atoms with Crippen molar-refractivity contribution in [3.05, 3.63) is 59.7 Å². The second-order valence-electron chi connectivity index (χ2n) is 6.11. The minimum atomic E-state index is -1.10. The monoisotopic (exact) mass is 326 g/mol. The van der Waals surface area contributed by atoms with Crippen molar-refractivity contribution in [3.8, 4) is 0 Å². The van der Waals surface area contributed by atoms with Crippen LogP contribution in [0.5, 0.6) is 0 Å². The van der Waals surface area contributed by atoms with Gasteiger partial charge in [-0.2, -0.15) is 0 Å². The highest BCUT2D eigenvalue weighted by Gasteiger charge is 2.58. The lowest BCUT2D eigenvalue weighted by Gasteiger charge is -2.48. The number of carbonyl (C=O) groups is 2. The topological polar surface area (TPSA) is 127 Å². The molecule has 3 rings (SSSR count). The van der Waals surface area contributed by atoms with Gasteiger partial charge < -0.3 is 21.7 Å². The Balaban J connectivity index is 2.06. The van der Waals surface area contributed by atoms with Crippen LogP contribution in [0.25, 0.3) is 0 Å². The van der Waals surface area contributed by atoms with Gasteiger partial charge in [-0.25, -0.2) is 0 Å². The first-order chi connectivity index (χ1) is 11.4. The number of aliphatic carboxylic acids is 2. The Hall–Kier alpha value is -3.02. The van der Waals surface area contributed by atoms with Gasteiger partial charge in [-0.1, -0.05) is 24.3 Å². The molecule has 0 unspecified atom stereocenters. The number of hydrogen-bond donors (Lipinski definition) is 4. The number of nitrogen functional groups attached to an aromatic ring is 2. The van der Waals surface area contributed by atoms with Crippen LogP contribution < -0.4 is 11.5 Å². The lowest BCUT2D eigenvalue weighted by atomic mass is 9.52. The molecule has 1 aliphatic carbocycles. The van der Waals surface area contributed by atoms with E-state index in [9.17, 15) is 19.8 Å². The summed E-state index contributed by atoms with van der Waals surface area (Å²) in [5, 5.41) is 19.1. The van der Waals surface area contributed by atoms with Crippen LogP contribution in [0.1, 0.15) is 23.0 Å². The van der Waals surface area contributed by atoms with Crippen molar-refractivity contribution in [2.45, 2.75) is 11.8 Å². The predicted molar refractivity (Wildman–Crippen MR) is 89.4 cm³/mol. The van der Waals surface area contributed by atoms with Gasteiger partial charge >= 0.3 is 11.9 Å². The highest BCUT2D eigenvalue weighted by molar-refractivity contribution is 5.85. The normalized spacial score (nSPS) is 25.7. The van der Waals surface area contributed by atoms with Gasteiger partial charge in [-0.05, 0) is 35.4 Å². The van der Waals surface area contributed by atoms with Gasteiger partial charge in [0.15, 0.2) is 0 Å². The lowest BCUT2D eigenvalue weighted by molar-refractivity contribution is -0.164. The zero-order valence-electron chi connectivity index (χ0n) is 12.8. The van der Waals surface area contributed by atoms with E-state index in [1.807, 2.05) is 0 Å². The first-order valence-corrected chi connectivity index (χ1v) is 7.56. The van der Waals surface area contributed by atoms with Crippen molar-refractivity contribution in [3.63, 3.8) is 0 Å². The Morgan fingerprint density at radius 3 is 1.21 bits per heavy atom. The minimum absolute atomic E-state index is 0.423. The van der Waals surface area contributed by atoms with Gasteiger partial charge in [-0.3, -0.25) is 9.59 Å². The number of carboxylic acid groups (broad SMARTS) is 2. The fourth-order valence-electron chi connectivity index (χ4n) is 3.63. The van der Waals surface area contributed by atoms with Crippen LogP contribution in [0.15, 0.2) is 48.5 Å². The predicted octanol–water partition coefficient (Wildman–Crippen LogP) is 2.13.